The minimum absolute atomic E-state index is 0.00944. The zero-order chi connectivity index (χ0) is 20.6. The van der Waals surface area contributed by atoms with Gasteiger partial charge in [-0.05, 0) is 37.2 Å². The summed E-state index contributed by atoms with van der Waals surface area (Å²) in [6, 6.07) is 10.6. The Hall–Kier alpha value is -2.87. The topological polar surface area (TPSA) is 74.3 Å². The van der Waals surface area contributed by atoms with Gasteiger partial charge in [0.1, 0.15) is 5.82 Å². The number of hydrogen-bond acceptors (Lipinski definition) is 6. The quantitative estimate of drug-likeness (QED) is 0.256. The van der Waals surface area contributed by atoms with Gasteiger partial charge in [-0.3, -0.25) is 15.0 Å². The van der Waals surface area contributed by atoms with Crippen LogP contribution in [0.15, 0.2) is 52.7 Å². The van der Waals surface area contributed by atoms with Gasteiger partial charge in [0.25, 0.3) is 5.69 Å². The first-order valence-electron chi connectivity index (χ1n) is 10.00. The van der Waals surface area contributed by atoms with Crippen molar-refractivity contribution < 1.29 is 9.31 Å². The molecule has 0 N–H and O–H groups in total. The van der Waals surface area contributed by atoms with Crippen molar-refractivity contribution >= 4 is 22.7 Å². The molecule has 0 atom stereocenters. The van der Waals surface area contributed by atoms with Crippen LogP contribution in [0, 0.1) is 15.9 Å². The Kier molecular flexibility index (Phi) is 7.24. The lowest BCUT2D eigenvalue weighted by Crippen LogP contribution is -2.46. The van der Waals surface area contributed by atoms with E-state index in [1.165, 1.54) is 49.6 Å². The van der Waals surface area contributed by atoms with Gasteiger partial charge in [0.15, 0.2) is 0 Å². The third-order valence-corrected chi connectivity index (χ3v) is 5.06. The molecule has 7 nitrogen and oxygen atoms in total. The number of piperazine rings is 1. The summed E-state index contributed by atoms with van der Waals surface area (Å²) >= 11 is 0. The van der Waals surface area contributed by atoms with Crippen LogP contribution in [0.5, 0.6) is 0 Å². The number of azo groups is 1. The average molecular weight is 399 g/mol. The Bertz CT molecular complexity index is 849. The molecule has 29 heavy (non-hydrogen) atoms. The number of nitrogens with zero attached hydrogens (tertiary/aromatic N) is 5. The highest BCUT2D eigenvalue weighted by atomic mass is 19.1. The highest BCUT2D eigenvalue weighted by Crippen LogP contribution is 2.27. The van der Waals surface area contributed by atoms with Gasteiger partial charge in [0.05, 0.1) is 22.0 Å². The molecule has 0 aliphatic carbocycles. The van der Waals surface area contributed by atoms with Gasteiger partial charge in [-0.1, -0.05) is 19.8 Å². The Morgan fingerprint density at radius 3 is 2.28 bits per heavy atom. The van der Waals surface area contributed by atoms with E-state index in [2.05, 4.69) is 27.0 Å². The van der Waals surface area contributed by atoms with E-state index in [1.54, 1.807) is 12.1 Å². The zero-order valence-electron chi connectivity index (χ0n) is 16.6. The van der Waals surface area contributed by atoms with Crippen molar-refractivity contribution in [2.24, 2.45) is 10.2 Å². The number of unbranched alkanes of at least 4 members (excludes halogenated alkanes) is 2. The van der Waals surface area contributed by atoms with Gasteiger partial charge >= 0.3 is 0 Å². The molecule has 2 aromatic rings. The van der Waals surface area contributed by atoms with Gasteiger partial charge in [-0.25, -0.2) is 4.39 Å². The largest absolute Gasteiger partial charge is 0.367 e. The van der Waals surface area contributed by atoms with Crippen LogP contribution < -0.4 is 4.90 Å². The van der Waals surface area contributed by atoms with E-state index >= 15 is 0 Å². The lowest BCUT2D eigenvalue weighted by Gasteiger charge is -2.36. The molecule has 1 saturated heterocycles. The molecule has 0 unspecified atom stereocenters. The van der Waals surface area contributed by atoms with Crippen LogP contribution in [-0.2, 0) is 0 Å². The predicted molar refractivity (Wildman–Crippen MR) is 112 cm³/mol. The summed E-state index contributed by atoms with van der Waals surface area (Å²) in [6.45, 7) is 6.84. The van der Waals surface area contributed by atoms with Crippen LogP contribution in [0.25, 0.3) is 0 Å². The molecule has 3 rings (SSSR count). The molecule has 1 aliphatic rings. The maximum atomic E-state index is 14.6. The predicted octanol–water partition coefficient (Wildman–Crippen LogP) is 5.46. The molecule has 0 saturated carbocycles. The van der Waals surface area contributed by atoms with E-state index in [9.17, 15) is 14.5 Å². The van der Waals surface area contributed by atoms with Gasteiger partial charge < -0.3 is 4.90 Å². The molecule has 0 amide bonds. The van der Waals surface area contributed by atoms with Crippen molar-refractivity contribution in [3.63, 3.8) is 0 Å². The first-order valence-corrected chi connectivity index (χ1v) is 10.00. The highest BCUT2D eigenvalue weighted by Gasteiger charge is 2.19. The third kappa shape index (κ3) is 5.80. The lowest BCUT2D eigenvalue weighted by molar-refractivity contribution is -0.384. The summed E-state index contributed by atoms with van der Waals surface area (Å²) in [6.07, 6.45) is 3.70. The molecule has 0 bridgehead atoms. The Balaban J connectivity index is 1.58. The summed E-state index contributed by atoms with van der Waals surface area (Å²) in [5.74, 6) is -0.315. The minimum Gasteiger partial charge on any atom is -0.367 e. The van der Waals surface area contributed by atoms with Crippen molar-refractivity contribution in [3.05, 3.63) is 58.4 Å². The fourth-order valence-corrected chi connectivity index (χ4v) is 3.37. The van der Waals surface area contributed by atoms with Crippen molar-refractivity contribution in [1.29, 1.82) is 0 Å². The summed E-state index contributed by atoms with van der Waals surface area (Å²) in [5, 5.41) is 18.7. The fraction of sp³-hybridized carbons (Fsp3) is 0.429. The molecular formula is C21H26FN5O2. The Morgan fingerprint density at radius 2 is 1.66 bits per heavy atom. The molecule has 154 valence electrons. The summed E-state index contributed by atoms with van der Waals surface area (Å²) < 4.78 is 14.6. The molecule has 1 heterocycles. The molecule has 2 aromatic carbocycles. The van der Waals surface area contributed by atoms with E-state index in [0.29, 0.717) is 17.1 Å². The number of nitro benzene ring substituents is 1. The smallest absolute Gasteiger partial charge is 0.269 e. The third-order valence-electron chi connectivity index (χ3n) is 5.06. The molecule has 1 fully saturated rings. The summed E-state index contributed by atoms with van der Waals surface area (Å²) in [7, 11) is 0. The van der Waals surface area contributed by atoms with E-state index in [-0.39, 0.29) is 11.5 Å². The molecule has 0 radical (unpaired) electrons. The maximum absolute atomic E-state index is 14.6. The number of non-ortho nitro benzene ring substituents is 1. The number of anilines is 1. The SMILES string of the molecule is CCCCCN1CCN(c2ccc(N=Nc3ccc([N+](=O)[O-])cc3)cc2F)CC1. The van der Waals surface area contributed by atoms with Gasteiger partial charge in [0, 0.05) is 44.4 Å². The van der Waals surface area contributed by atoms with Gasteiger partial charge in [-0.2, -0.15) is 10.2 Å². The van der Waals surface area contributed by atoms with E-state index in [4.69, 9.17) is 0 Å². The molecule has 8 heteroatoms. The zero-order valence-corrected chi connectivity index (χ0v) is 16.6. The number of rotatable bonds is 8. The second-order valence-corrected chi connectivity index (χ2v) is 7.15. The number of halogens is 1. The fourth-order valence-electron chi connectivity index (χ4n) is 3.37. The van der Waals surface area contributed by atoms with Gasteiger partial charge in [-0.15, -0.1) is 0 Å². The minimum atomic E-state index is -0.472. The van der Waals surface area contributed by atoms with Crippen molar-refractivity contribution in [3.8, 4) is 0 Å². The first kappa shape index (κ1) is 20.9. The molecular weight excluding hydrogens is 373 g/mol. The normalized spacial score (nSPS) is 15.2. The molecule has 1 aliphatic heterocycles. The van der Waals surface area contributed by atoms with Crippen molar-refractivity contribution in [2.45, 2.75) is 26.2 Å². The molecule has 0 aromatic heterocycles. The van der Waals surface area contributed by atoms with E-state index in [1.807, 2.05) is 0 Å². The summed E-state index contributed by atoms with van der Waals surface area (Å²) in [5.41, 5.74) is 1.46. The van der Waals surface area contributed by atoms with Crippen molar-refractivity contribution in [1.82, 2.24) is 4.90 Å². The average Bonchev–Trinajstić information content (AvgIpc) is 2.73. The second kappa shape index (κ2) is 10.1. The highest BCUT2D eigenvalue weighted by molar-refractivity contribution is 5.54. The van der Waals surface area contributed by atoms with Crippen LogP contribution in [0.4, 0.5) is 27.1 Å². The monoisotopic (exact) mass is 399 g/mol. The number of benzene rings is 2. The van der Waals surface area contributed by atoms with Crippen LogP contribution >= 0.6 is 0 Å². The Labute approximate surface area is 170 Å². The second-order valence-electron chi connectivity index (χ2n) is 7.15. The first-order chi connectivity index (χ1) is 14.1. The maximum Gasteiger partial charge on any atom is 0.269 e. The van der Waals surface area contributed by atoms with E-state index in [0.717, 1.165) is 32.7 Å². The van der Waals surface area contributed by atoms with Crippen LogP contribution in [0.1, 0.15) is 26.2 Å². The number of nitro groups is 1. The Morgan fingerprint density at radius 1 is 1.00 bits per heavy atom. The van der Waals surface area contributed by atoms with Gasteiger partial charge in [0.2, 0.25) is 0 Å². The van der Waals surface area contributed by atoms with Crippen molar-refractivity contribution in [2.75, 3.05) is 37.6 Å². The number of hydrogen-bond donors (Lipinski definition) is 0. The standard InChI is InChI=1S/C21H26FN5O2/c1-2-3-4-11-25-12-14-26(15-13-25)21-10-7-18(16-20(21)22)24-23-17-5-8-19(9-6-17)27(28)29/h5-10,16H,2-4,11-15H2,1H3. The van der Waals surface area contributed by atoms with Crippen LogP contribution in [0.3, 0.4) is 0 Å². The molecule has 0 spiro atoms. The van der Waals surface area contributed by atoms with E-state index < -0.39 is 4.92 Å². The van der Waals surface area contributed by atoms with Crippen LogP contribution in [0.2, 0.25) is 0 Å². The summed E-state index contributed by atoms with van der Waals surface area (Å²) in [4.78, 5) is 14.7. The van der Waals surface area contributed by atoms with Crippen LogP contribution in [-0.4, -0.2) is 42.5 Å². The lowest BCUT2D eigenvalue weighted by atomic mass is 10.2.